The molecule has 8 heteroatoms. The highest BCUT2D eigenvalue weighted by Gasteiger charge is 2.25. The first-order valence-corrected chi connectivity index (χ1v) is 8.97. The van der Waals surface area contributed by atoms with Crippen molar-refractivity contribution in [3.63, 3.8) is 0 Å². The zero-order valence-corrected chi connectivity index (χ0v) is 15.5. The molecule has 0 unspecified atom stereocenters. The predicted molar refractivity (Wildman–Crippen MR) is 104 cm³/mol. The van der Waals surface area contributed by atoms with Crippen molar-refractivity contribution in [2.24, 2.45) is 0 Å². The number of piperidine rings is 1. The third-order valence-electron chi connectivity index (χ3n) is 4.78. The third-order valence-corrected chi connectivity index (χ3v) is 4.78. The molecule has 0 spiro atoms. The lowest BCUT2D eigenvalue weighted by Crippen LogP contribution is -2.42. The van der Waals surface area contributed by atoms with Crippen molar-refractivity contribution < 1.29 is 19.2 Å². The van der Waals surface area contributed by atoms with Gasteiger partial charge in [-0.15, -0.1) is 0 Å². The molecule has 1 amide bonds. The van der Waals surface area contributed by atoms with Crippen LogP contribution in [0.5, 0.6) is 0 Å². The minimum Gasteiger partial charge on any atom is -0.453 e. The maximum absolute atomic E-state index is 12.6. The largest absolute Gasteiger partial charge is 0.453 e. The topological polar surface area (TPSA) is 102 Å². The summed E-state index contributed by atoms with van der Waals surface area (Å²) >= 11 is 0. The van der Waals surface area contributed by atoms with Gasteiger partial charge in [-0.2, -0.15) is 0 Å². The van der Waals surface area contributed by atoms with Gasteiger partial charge in [0.15, 0.2) is 5.78 Å². The van der Waals surface area contributed by atoms with E-state index in [-0.39, 0.29) is 29.2 Å². The minimum atomic E-state index is -0.492. The second kappa shape index (κ2) is 8.51. The fourth-order valence-corrected chi connectivity index (χ4v) is 3.26. The van der Waals surface area contributed by atoms with Crippen LogP contribution in [0.4, 0.5) is 16.2 Å². The first kappa shape index (κ1) is 19.3. The van der Waals surface area contributed by atoms with Crippen LogP contribution in [0.25, 0.3) is 0 Å². The Balaban J connectivity index is 1.75. The number of rotatable bonds is 5. The van der Waals surface area contributed by atoms with Crippen LogP contribution in [0.1, 0.15) is 28.8 Å². The zero-order chi connectivity index (χ0) is 20.1. The highest BCUT2D eigenvalue weighted by molar-refractivity contribution is 6.09. The normalized spacial score (nSPS) is 14.4. The number of carbonyl (C=O) groups is 2. The molecule has 1 aliphatic rings. The van der Waals surface area contributed by atoms with Crippen LogP contribution in [0.3, 0.4) is 0 Å². The van der Waals surface area contributed by atoms with Gasteiger partial charge >= 0.3 is 6.09 Å². The molecule has 0 saturated carbocycles. The molecule has 1 saturated heterocycles. The van der Waals surface area contributed by atoms with Crippen LogP contribution < -0.4 is 5.32 Å². The molecule has 0 aliphatic carbocycles. The third kappa shape index (κ3) is 4.28. The van der Waals surface area contributed by atoms with E-state index in [1.54, 1.807) is 47.4 Å². The van der Waals surface area contributed by atoms with Crippen LogP contribution in [0.15, 0.2) is 48.5 Å². The number of ether oxygens (including phenoxy) is 1. The van der Waals surface area contributed by atoms with E-state index in [1.165, 1.54) is 13.2 Å². The van der Waals surface area contributed by atoms with E-state index in [1.807, 2.05) is 0 Å². The van der Waals surface area contributed by atoms with E-state index >= 15 is 0 Å². The quantitative estimate of drug-likeness (QED) is 0.482. The molecule has 1 fully saturated rings. The van der Waals surface area contributed by atoms with Crippen LogP contribution >= 0.6 is 0 Å². The average Bonchev–Trinajstić information content (AvgIpc) is 2.74. The van der Waals surface area contributed by atoms with Crippen LogP contribution in [-0.4, -0.2) is 47.9 Å². The maximum Gasteiger partial charge on any atom is 0.409 e. The Labute approximate surface area is 162 Å². The molecular formula is C20H21N3O5. The van der Waals surface area contributed by atoms with Crippen molar-refractivity contribution in [2.45, 2.75) is 18.9 Å². The summed E-state index contributed by atoms with van der Waals surface area (Å²) in [5.41, 5.74) is 0.972. The molecule has 8 nitrogen and oxygen atoms in total. The molecule has 2 aromatic carbocycles. The predicted octanol–water partition coefficient (Wildman–Crippen LogP) is 3.47. The lowest BCUT2D eigenvalue weighted by atomic mass is 10.0. The zero-order valence-electron chi connectivity index (χ0n) is 15.5. The smallest absolute Gasteiger partial charge is 0.409 e. The summed E-state index contributed by atoms with van der Waals surface area (Å²) < 4.78 is 4.71. The Bertz CT molecular complexity index is 877. The number of hydrogen-bond acceptors (Lipinski definition) is 6. The number of ketones is 1. The van der Waals surface area contributed by atoms with Gasteiger partial charge in [0.05, 0.1) is 12.0 Å². The summed E-state index contributed by atoms with van der Waals surface area (Å²) in [7, 11) is 1.34. The van der Waals surface area contributed by atoms with Crippen molar-refractivity contribution in [3.05, 3.63) is 69.8 Å². The van der Waals surface area contributed by atoms with Gasteiger partial charge in [0, 0.05) is 36.3 Å². The first-order chi connectivity index (χ1) is 13.5. The number of methoxy groups -OCH3 is 1. The van der Waals surface area contributed by atoms with E-state index < -0.39 is 4.92 Å². The van der Waals surface area contributed by atoms with Crippen molar-refractivity contribution >= 4 is 23.3 Å². The summed E-state index contributed by atoms with van der Waals surface area (Å²) in [6.45, 7) is 1.03. The Hall–Kier alpha value is -3.42. The fraction of sp³-hybridized carbons (Fsp3) is 0.300. The van der Waals surface area contributed by atoms with Crippen LogP contribution in [-0.2, 0) is 4.74 Å². The molecule has 1 heterocycles. The van der Waals surface area contributed by atoms with E-state index in [0.29, 0.717) is 37.2 Å². The second-order valence-corrected chi connectivity index (χ2v) is 6.56. The number of nitrogens with one attached hydrogen (secondary N) is 1. The summed E-state index contributed by atoms with van der Waals surface area (Å²) in [6.07, 6.45) is 0.932. The standard InChI is InChI=1S/C20H21N3O5/c1-28-20(25)22-11-9-16(10-12-22)21-17-8-7-15(13-18(17)23(26)27)19(24)14-5-3-2-4-6-14/h2-8,13,16,21H,9-12H2,1H3. The van der Waals surface area contributed by atoms with Crippen molar-refractivity contribution in [2.75, 3.05) is 25.5 Å². The maximum atomic E-state index is 12.6. The van der Waals surface area contributed by atoms with Crippen LogP contribution in [0, 0.1) is 10.1 Å². The number of hydrogen-bond donors (Lipinski definition) is 1. The van der Waals surface area contributed by atoms with Gasteiger partial charge in [0.25, 0.3) is 5.69 Å². The lowest BCUT2D eigenvalue weighted by molar-refractivity contribution is -0.384. The van der Waals surface area contributed by atoms with Gasteiger partial charge in [-0.25, -0.2) is 4.79 Å². The van der Waals surface area contributed by atoms with Crippen molar-refractivity contribution in [1.29, 1.82) is 0 Å². The number of anilines is 1. The number of benzene rings is 2. The monoisotopic (exact) mass is 383 g/mol. The molecule has 0 radical (unpaired) electrons. The highest BCUT2D eigenvalue weighted by atomic mass is 16.6. The van der Waals surface area contributed by atoms with Crippen molar-refractivity contribution in [3.8, 4) is 0 Å². The molecule has 2 aromatic rings. The van der Waals surface area contributed by atoms with E-state index in [0.717, 1.165) is 0 Å². The Kier molecular flexibility index (Phi) is 5.88. The molecule has 28 heavy (non-hydrogen) atoms. The van der Waals surface area contributed by atoms with Crippen molar-refractivity contribution in [1.82, 2.24) is 4.90 Å². The molecule has 0 atom stereocenters. The van der Waals surface area contributed by atoms with Crippen LogP contribution in [0.2, 0.25) is 0 Å². The minimum absolute atomic E-state index is 0.00437. The van der Waals surface area contributed by atoms with Gasteiger partial charge < -0.3 is 15.0 Å². The SMILES string of the molecule is COC(=O)N1CCC(Nc2ccc(C(=O)c3ccccc3)cc2[N+](=O)[O-])CC1. The molecule has 1 aliphatic heterocycles. The molecule has 146 valence electrons. The summed E-state index contributed by atoms with van der Waals surface area (Å²) in [6, 6.07) is 13.1. The number of nitro groups is 1. The molecular weight excluding hydrogens is 362 g/mol. The number of amides is 1. The van der Waals surface area contributed by atoms with Gasteiger partial charge in [0.1, 0.15) is 5.69 Å². The van der Waals surface area contributed by atoms with Gasteiger partial charge in [-0.3, -0.25) is 14.9 Å². The summed E-state index contributed by atoms with van der Waals surface area (Å²) in [5, 5.41) is 14.7. The molecule has 0 aromatic heterocycles. The summed E-state index contributed by atoms with van der Waals surface area (Å²) in [5.74, 6) is -0.262. The number of carbonyl (C=O) groups excluding carboxylic acids is 2. The first-order valence-electron chi connectivity index (χ1n) is 8.97. The van der Waals surface area contributed by atoms with Gasteiger partial charge in [0.2, 0.25) is 0 Å². The van der Waals surface area contributed by atoms with E-state index in [2.05, 4.69) is 5.32 Å². The van der Waals surface area contributed by atoms with E-state index in [9.17, 15) is 19.7 Å². The number of nitro benzene ring substituents is 1. The number of likely N-dealkylation sites (tertiary alicyclic amines) is 1. The Morgan fingerprint density at radius 1 is 1.11 bits per heavy atom. The van der Waals surface area contributed by atoms with Gasteiger partial charge in [-0.1, -0.05) is 30.3 Å². The Morgan fingerprint density at radius 2 is 1.79 bits per heavy atom. The molecule has 3 rings (SSSR count). The summed E-state index contributed by atoms with van der Waals surface area (Å²) in [4.78, 5) is 36.8. The molecule has 0 bridgehead atoms. The number of nitrogens with zero attached hydrogens (tertiary/aromatic N) is 2. The average molecular weight is 383 g/mol. The van der Waals surface area contributed by atoms with Gasteiger partial charge in [-0.05, 0) is 25.0 Å². The fourth-order valence-electron chi connectivity index (χ4n) is 3.26. The Morgan fingerprint density at radius 3 is 2.39 bits per heavy atom. The lowest BCUT2D eigenvalue weighted by Gasteiger charge is -2.31. The molecule has 1 N–H and O–H groups in total. The second-order valence-electron chi connectivity index (χ2n) is 6.56. The highest BCUT2D eigenvalue weighted by Crippen LogP contribution is 2.29. The van der Waals surface area contributed by atoms with E-state index in [4.69, 9.17) is 4.74 Å².